The Morgan fingerprint density at radius 3 is 2.74 bits per heavy atom. The van der Waals surface area contributed by atoms with Gasteiger partial charge in [0, 0.05) is 13.1 Å². The molecule has 0 spiro atoms. The van der Waals surface area contributed by atoms with Gasteiger partial charge in [0.1, 0.15) is 12.6 Å². The van der Waals surface area contributed by atoms with E-state index in [9.17, 15) is 14.4 Å². The maximum absolute atomic E-state index is 12.4. The van der Waals surface area contributed by atoms with Crippen LogP contribution < -0.4 is 11.1 Å². The molecule has 0 aliphatic carbocycles. The van der Waals surface area contributed by atoms with Crippen molar-refractivity contribution in [1.29, 1.82) is 0 Å². The number of nitrogens with one attached hydrogen (secondary N) is 1. The fraction of sp³-hybridized carbons (Fsp3) is 0.526. The van der Waals surface area contributed by atoms with Gasteiger partial charge in [0.25, 0.3) is 0 Å². The average Bonchev–Trinajstić information content (AvgIpc) is 3.18. The van der Waals surface area contributed by atoms with Crippen LogP contribution in [0.5, 0.6) is 0 Å². The summed E-state index contributed by atoms with van der Waals surface area (Å²) in [5, 5.41) is 2.64. The first-order valence-electron chi connectivity index (χ1n) is 9.11. The quantitative estimate of drug-likeness (QED) is 0.520. The Bertz CT molecular complexity index is 637. The smallest absolute Gasteiger partial charge is 0.407 e. The molecule has 148 valence electrons. The highest BCUT2D eigenvalue weighted by molar-refractivity contribution is 5.88. The predicted molar refractivity (Wildman–Crippen MR) is 98.6 cm³/mol. The summed E-state index contributed by atoms with van der Waals surface area (Å²) in [5.74, 6) is -0.662. The van der Waals surface area contributed by atoms with E-state index >= 15 is 0 Å². The van der Waals surface area contributed by atoms with Gasteiger partial charge in [0.15, 0.2) is 0 Å². The number of alkyl carbamates (subject to hydrolysis) is 1. The van der Waals surface area contributed by atoms with Crippen molar-refractivity contribution in [2.75, 3.05) is 20.2 Å². The molecular weight excluding hydrogens is 350 g/mol. The number of ether oxygens (including phenoxy) is 2. The van der Waals surface area contributed by atoms with Crippen LogP contribution in [-0.2, 0) is 25.7 Å². The minimum atomic E-state index is -0.711. The monoisotopic (exact) mass is 377 g/mol. The van der Waals surface area contributed by atoms with Crippen LogP contribution in [0.2, 0.25) is 0 Å². The topological polar surface area (TPSA) is 111 Å². The van der Waals surface area contributed by atoms with Crippen molar-refractivity contribution in [3.8, 4) is 0 Å². The van der Waals surface area contributed by atoms with E-state index in [1.165, 1.54) is 12.0 Å². The molecule has 2 amide bonds. The first-order valence-corrected chi connectivity index (χ1v) is 9.11. The molecule has 1 saturated heterocycles. The van der Waals surface area contributed by atoms with Crippen LogP contribution in [0, 0.1) is 0 Å². The van der Waals surface area contributed by atoms with Gasteiger partial charge in [0.05, 0.1) is 13.2 Å². The summed E-state index contributed by atoms with van der Waals surface area (Å²) in [7, 11) is 1.31. The van der Waals surface area contributed by atoms with E-state index in [0.29, 0.717) is 32.4 Å². The minimum absolute atomic E-state index is 0.203. The largest absolute Gasteiger partial charge is 0.467 e. The van der Waals surface area contributed by atoms with Gasteiger partial charge in [0.2, 0.25) is 5.91 Å². The lowest BCUT2D eigenvalue weighted by Crippen LogP contribution is -2.48. The van der Waals surface area contributed by atoms with Crippen LogP contribution in [0.25, 0.3) is 0 Å². The fourth-order valence-corrected chi connectivity index (χ4v) is 3.03. The molecule has 8 nitrogen and oxygen atoms in total. The zero-order chi connectivity index (χ0) is 19.6. The number of amides is 2. The third kappa shape index (κ3) is 6.25. The average molecular weight is 377 g/mol. The van der Waals surface area contributed by atoms with E-state index in [1.54, 1.807) is 0 Å². The van der Waals surface area contributed by atoms with Gasteiger partial charge in [-0.25, -0.2) is 9.59 Å². The van der Waals surface area contributed by atoms with Crippen LogP contribution in [0.15, 0.2) is 30.3 Å². The summed E-state index contributed by atoms with van der Waals surface area (Å²) >= 11 is 0. The number of benzene rings is 1. The molecule has 1 aliphatic rings. The number of carbonyl (C=O) groups excluding carboxylic acids is 3. The second-order valence-corrected chi connectivity index (χ2v) is 6.45. The Balaban J connectivity index is 1.65. The van der Waals surface area contributed by atoms with Crippen LogP contribution in [0.3, 0.4) is 0 Å². The Morgan fingerprint density at radius 2 is 2.04 bits per heavy atom. The standard InChI is InChI=1S/C19H27N3O5/c1-26-18(24)16-10-6-12-22(16)17(23)15(20)9-5-11-21-19(25)27-13-14-7-3-2-4-8-14/h2-4,7-8,15-16H,5-6,9-13,20H2,1H3,(H,21,25)/t15-,16+/m0/s1. The molecule has 1 aromatic carbocycles. The number of nitrogens with two attached hydrogens (primary N) is 1. The molecular formula is C19H27N3O5. The summed E-state index contributed by atoms with van der Waals surface area (Å²) in [6, 6.07) is 8.14. The summed E-state index contributed by atoms with van der Waals surface area (Å²) in [6.45, 7) is 1.07. The van der Waals surface area contributed by atoms with Gasteiger partial charge < -0.3 is 25.4 Å². The molecule has 1 fully saturated rings. The van der Waals surface area contributed by atoms with E-state index in [1.807, 2.05) is 30.3 Å². The van der Waals surface area contributed by atoms with E-state index in [4.69, 9.17) is 15.2 Å². The molecule has 2 atom stereocenters. The molecule has 27 heavy (non-hydrogen) atoms. The second-order valence-electron chi connectivity index (χ2n) is 6.45. The minimum Gasteiger partial charge on any atom is -0.467 e. The van der Waals surface area contributed by atoms with Gasteiger partial charge in [-0.05, 0) is 31.2 Å². The molecule has 0 bridgehead atoms. The van der Waals surface area contributed by atoms with Crippen molar-refractivity contribution >= 4 is 18.0 Å². The SMILES string of the molecule is COC(=O)[C@H]1CCCN1C(=O)[C@@H](N)CCCNC(=O)OCc1ccccc1. The number of methoxy groups -OCH3 is 1. The number of esters is 1. The van der Waals surface area contributed by atoms with Crippen molar-refractivity contribution in [1.82, 2.24) is 10.2 Å². The van der Waals surface area contributed by atoms with Crippen LogP contribution >= 0.6 is 0 Å². The molecule has 1 aromatic rings. The Kier molecular flexibility index (Phi) is 8.06. The lowest BCUT2D eigenvalue weighted by Gasteiger charge is -2.25. The highest BCUT2D eigenvalue weighted by atomic mass is 16.5. The first-order chi connectivity index (χ1) is 13.0. The van der Waals surface area contributed by atoms with Gasteiger partial charge in [-0.1, -0.05) is 30.3 Å². The molecule has 0 unspecified atom stereocenters. The van der Waals surface area contributed by atoms with Crippen LogP contribution in [0.1, 0.15) is 31.2 Å². The number of carbonyl (C=O) groups is 3. The maximum Gasteiger partial charge on any atom is 0.407 e. The Labute approximate surface area is 159 Å². The third-order valence-electron chi connectivity index (χ3n) is 4.50. The van der Waals surface area contributed by atoms with Gasteiger partial charge >= 0.3 is 12.1 Å². The number of hydrogen-bond donors (Lipinski definition) is 2. The molecule has 0 saturated carbocycles. The number of rotatable bonds is 8. The van der Waals surface area contributed by atoms with Crippen LogP contribution in [-0.4, -0.2) is 55.2 Å². The van der Waals surface area contributed by atoms with E-state index in [2.05, 4.69) is 5.32 Å². The van der Waals surface area contributed by atoms with Crippen LogP contribution in [0.4, 0.5) is 4.79 Å². The zero-order valence-electron chi connectivity index (χ0n) is 15.6. The second kappa shape index (κ2) is 10.5. The molecule has 8 heteroatoms. The molecule has 1 heterocycles. The maximum atomic E-state index is 12.4. The van der Waals surface area contributed by atoms with Crippen molar-refractivity contribution in [3.63, 3.8) is 0 Å². The number of hydrogen-bond acceptors (Lipinski definition) is 6. The Hall–Kier alpha value is -2.61. The van der Waals surface area contributed by atoms with Crippen molar-refractivity contribution in [2.24, 2.45) is 5.73 Å². The normalized spacial score (nSPS) is 17.3. The van der Waals surface area contributed by atoms with E-state index in [0.717, 1.165) is 12.0 Å². The lowest BCUT2D eigenvalue weighted by atomic mass is 10.1. The van der Waals surface area contributed by atoms with Crippen molar-refractivity contribution in [3.05, 3.63) is 35.9 Å². The first kappa shape index (κ1) is 20.7. The van der Waals surface area contributed by atoms with Crippen molar-refractivity contribution < 1.29 is 23.9 Å². The predicted octanol–water partition coefficient (Wildman–Crippen LogP) is 1.18. The third-order valence-corrected chi connectivity index (χ3v) is 4.50. The summed E-state index contributed by atoms with van der Waals surface area (Å²) in [6.07, 6.45) is 1.78. The molecule has 1 aliphatic heterocycles. The summed E-state index contributed by atoms with van der Waals surface area (Å²) < 4.78 is 9.85. The number of likely N-dealkylation sites (tertiary alicyclic amines) is 1. The van der Waals surface area contributed by atoms with Gasteiger partial charge in [-0.2, -0.15) is 0 Å². The van der Waals surface area contributed by atoms with Crippen molar-refractivity contribution in [2.45, 2.75) is 44.4 Å². The Morgan fingerprint density at radius 1 is 1.30 bits per heavy atom. The van der Waals surface area contributed by atoms with E-state index < -0.39 is 24.1 Å². The molecule has 3 N–H and O–H groups in total. The highest BCUT2D eigenvalue weighted by Gasteiger charge is 2.36. The highest BCUT2D eigenvalue weighted by Crippen LogP contribution is 2.19. The summed E-state index contributed by atoms with van der Waals surface area (Å²) in [5.41, 5.74) is 6.87. The zero-order valence-corrected chi connectivity index (χ0v) is 15.6. The molecule has 0 radical (unpaired) electrons. The van der Waals surface area contributed by atoms with Gasteiger partial charge in [-0.15, -0.1) is 0 Å². The van der Waals surface area contributed by atoms with E-state index in [-0.39, 0.29) is 12.5 Å². The lowest BCUT2D eigenvalue weighted by molar-refractivity contribution is -0.151. The number of nitrogens with zero attached hydrogens (tertiary/aromatic N) is 1. The molecule has 2 rings (SSSR count). The fourth-order valence-electron chi connectivity index (χ4n) is 3.03. The molecule has 0 aromatic heterocycles. The van der Waals surface area contributed by atoms with Gasteiger partial charge in [-0.3, -0.25) is 4.79 Å². The summed E-state index contributed by atoms with van der Waals surface area (Å²) in [4.78, 5) is 37.3.